The highest BCUT2D eigenvalue weighted by Gasteiger charge is 2.29. The summed E-state index contributed by atoms with van der Waals surface area (Å²) in [4.78, 5) is 2.57. The molecule has 0 aromatic heterocycles. The SMILES string of the molecule is CC(C1CCOC1)N1CCc2cccc(N)c2C1. The van der Waals surface area contributed by atoms with Crippen molar-refractivity contribution >= 4 is 5.69 Å². The molecular weight excluding hydrogens is 224 g/mol. The Bertz CT molecular complexity index is 427. The van der Waals surface area contributed by atoms with Gasteiger partial charge in [-0.25, -0.2) is 0 Å². The van der Waals surface area contributed by atoms with E-state index in [2.05, 4.69) is 24.0 Å². The smallest absolute Gasteiger partial charge is 0.0509 e. The summed E-state index contributed by atoms with van der Waals surface area (Å²) >= 11 is 0. The van der Waals surface area contributed by atoms with Crippen LogP contribution in [0.5, 0.6) is 0 Å². The summed E-state index contributed by atoms with van der Waals surface area (Å²) in [6.07, 6.45) is 2.33. The largest absolute Gasteiger partial charge is 0.398 e. The van der Waals surface area contributed by atoms with E-state index < -0.39 is 0 Å². The first-order valence-corrected chi connectivity index (χ1v) is 6.93. The van der Waals surface area contributed by atoms with Crippen LogP contribution < -0.4 is 5.73 Å². The number of hydrogen-bond acceptors (Lipinski definition) is 3. The summed E-state index contributed by atoms with van der Waals surface area (Å²) < 4.78 is 5.51. The molecule has 18 heavy (non-hydrogen) atoms. The van der Waals surface area contributed by atoms with E-state index in [-0.39, 0.29) is 0 Å². The van der Waals surface area contributed by atoms with Crippen molar-refractivity contribution in [3.8, 4) is 0 Å². The summed E-state index contributed by atoms with van der Waals surface area (Å²) in [5, 5.41) is 0. The zero-order chi connectivity index (χ0) is 12.5. The number of nitrogen functional groups attached to an aromatic ring is 1. The molecule has 1 fully saturated rings. The average molecular weight is 246 g/mol. The number of nitrogens with zero attached hydrogens (tertiary/aromatic N) is 1. The number of hydrogen-bond donors (Lipinski definition) is 1. The first kappa shape index (κ1) is 12.0. The van der Waals surface area contributed by atoms with Crippen LogP contribution in [0.15, 0.2) is 18.2 Å². The highest BCUT2D eigenvalue weighted by molar-refractivity contribution is 5.51. The van der Waals surface area contributed by atoms with Crippen LogP contribution in [-0.2, 0) is 17.7 Å². The Labute approximate surface area is 109 Å². The number of fused-ring (bicyclic) bond motifs is 1. The maximum absolute atomic E-state index is 6.11. The maximum atomic E-state index is 6.11. The van der Waals surface area contributed by atoms with Crippen molar-refractivity contribution in [1.82, 2.24) is 4.90 Å². The van der Waals surface area contributed by atoms with Gasteiger partial charge in [-0.15, -0.1) is 0 Å². The first-order valence-electron chi connectivity index (χ1n) is 6.93. The van der Waals surface area contributed by atoms with Crippen molar-refractivity contribution in [2.75, 3.05) is 25.5 Å². The van der Waals surface area contributed by atoms with Gasteiger partial charge in [0.1, 0.15) is 0 Å². The number of anilines is 1. The third-order valence-corrected chi connectivity index (χ3v) is 4.56. The van der Waals surface area contributed by atoms with Crippen LogP contribution in [0.1, 0.15) is 24.5 Å². The minimum atomic E-state index is 0.597. The van der Waals surface area contributed by atoms with Gasteiger partial charge in [-0.05, 0) is 42.9 Å². The van der Waals surface area contributed by atoms with Gasteiger partial charge in [-0.2, -0.15) is 0 Å². The van der Waals surface area contributed by atoms with E-state index in [1.165, 1.54) is 17.5 Å². The van der Waals surface area contributed by atoms with Crippen LogP contribution in [-0.4, -0.2) is 30.7 Å². The van der Waals surface area contributed by atoms with E-state index >= 15 is 0 Å². The molecule has 2 N–H and O–H groups in total. The van der Waals surface area contributed by atoms with Crippen molar-refractivity contribution in [2.45, 2.75) is 32.4 Å². The molecular formula is C15H22N2O. The Kier molecular flexibility index (Phi) is 3.27. The molecule has 3 nitrogen and oxygen atoms in total. The standard InChI is InChI=1S/C15H22N2O/c1-11(13-6-8-18-10-13)17-7-5-12-3-2-4-15(16)14(12)9-17/h2-4,11,13H,5-10,16H2,1H3. The molecule has 2 aliphatic heterocycles. The van der Waals surface area contributed by atoms with E-state index in [1.807, 2.05) is 6.07 Å². The minimum absolute atomic E-state index is 0.597. The fourth-order valence-electron chi connectivity index (χ4n) is 3.21. The maximum Gasteiger partial charge on any atom is 0.0509 e. The molecule has 3 rings (SSSR count). The normalized spacial score (nSPS) is 25.9. The zero-order valence-corrected chi connectivity index (χ0v) is 11.1. The Morgan fingerprint density at radius 3 is 3.11 bits per heavy atom. The number of nitrogens with two attached hydrogens (primary N) is 1. The molecule has 3 heteroatoms. The van der Waals surface area contributed by atoms with Gasteiger partial charge >= 0.3 is 0 Å². The molecule has 1 saturated heterocycles. The predicted octanol–water partition coefficient (Wildman–Crippen LogP) is 2.05. The zero-order valence-electron chi connectivity index (χ0n) is 11.1. The molecule has 2 heterocycles. The van der Waals surface area contributed by atoms with Gasteiger partial charge in [0.05, 0.1) is 6.61 Å². The van der Waals surface area contributed by atoms with Crippen molar-refractivity contribution in [3.63, 3.8) is 0 Å². The lowest BCUT2D eigenvalue weighted by Gasteiger charge is -2.36. The molecule has 2 atom stereocenters. The van der Waals surface area contributed by atoms with Gasteiger partial charge in [-0.1, -0.05) is 12.1 Å². The van der Waals surface area contributed by atoms with Crippen LogP contribution in [0, 0.1) is 5.92 Å². The van der Waals surface area contributed by atoms with Crippen LogP contribution in [0.4, 0.5) is 5.69 Å². The second-order valence-corrected chi connectivity index (χ2v) is 5.57. The highest BCUT2D eigenvalue weighted by Crippen LogP contribution is 2.29. The van der Waals surface area contributed by atoms with E-state index in [1.54, 1.807) is 0 Å². The van der Waals surface area contributed by atoms with Crippen molar-refractivity contribution in [2.24, 2.45) is 5.92 Å². The fourth-order valence-corrected chi connectivity index (χ4v) is 3.21. The van der Waals surface area contributed by atoms with Gasteiger partial charge in [0, 0.05) is 31.4 Å². The molecule has 0 spiro atoms. The number of ether oxygens (including phenoxy) is 1. The Morgan fingerprint density at radius 1 is 1.44 bits per heavy atom. The van der Waals surface area contributed by atoms with Gasteiger partial charge in [-0.3, -0.25) is 4.90 Å². The molecule has 1 aromatic rings. The summed E-state index contributed by atoms with van der Waals surface area (Å²) in [6, 6.07) is 6.90. The lowest BCUT2D eigenvalue weighted by atomic mass is 9.93. The Hall–Kier alpha value is -1.06. The van der Waals surface area contributed by atoms with E-state index in [0.29, 0.717) is 12.0 Å². The molecule has 0 aliphatic carbocycles. The Morgan fingerprint density at radius 2 is 2.33 bits per heavy atom. The van der Waals surface area contributed by atoms with E-state index in [4.69, 9.17) is 10.5 Å². The topological polar surface area (TPSA) is 38.5 Å². The summed E-state index contributed by atoms with van der Waals surface area (Å²) in [5.41, 5.74) is 9.83. The summed E-state index contributed by atoms with van der Waals surface area (Å²) in [6.45, 7) is 6.34. The van der Waals surface area contributed by atoms with Crippen molar-refractivity contribution < 1.29 is 4.74 Å². The lowest BCUT2D eigenvalue weighted by molar-refractivity contribution is 0.118. The summed E-state index contributed by atoms with van der Waals surface area (Å²) in [5.74, 6) is 0.691. The van der Waals surface area contributed by atoms with E-state index in [0.717, 1.165) is 38.4 Å². The number of rotatable bonds is 2. The third kappa shape index (κ3) is 2.13. The fraction of sp³-hybridized carbons (Fsp3) is 0.600. The quantitative estimate of drug-likeness (QED) is 0.812. The van der Waals surface area contributed by atoms with Crippen LogP contribution in [0.2, 0.25) is 0 Å². The lowest BCUT2D eigenvalue weighted by Crippen LogP contribution is -2.42. The minimum Gasteiger partial charge on any atom is -0.398 e. The Balaban J connectivity index is 1.75. The molecule has 0 amide bonds. The van der Waals surface area contributed by atoms with Gasteiger partial charge in [0.25, 0.3) is 0 Å². The second kappa shape index (κ2) is 4.90. The molecule has 2 unspecified atom stereocenters. The van der Waals surface area contributed by atoms with Gasteiger partial charge in [0.15, 0.2) is 0 Å². The first-order chi connectivity index (χ1) is 8.75. The molecule has 98 valence electrons. The van der Waals surface area contributed by atoms with Crippen molar-refractivity contribution in [1.29, 1.82) is 0 Å². The third-order valence-electron chi connectivity index (χ3n) is 4.56. The van der Waals surface area contributed by atoms with Gasteiger partial charge < -0.3 is 10.5 Å². The molecule has 2 aliphatic rings. The van der Waals surface area contributed by atoms with Crippen molar-refractivity contribution in [3.05, 3.63) is 29.3 Å². The second-order valence-electron chi connectivity index (χ2n) is 5.57. The molecule has 0 bridgehead atoms. The number of benzene rings is 1. The average Bonchev–Trinajstić information content (AvgIpc) is 2.92. The van der Waals surface area contributed by atoms with E-state index in [9.17, 15) is 0 Å². The monoisotopic (exact) mass is 246 g/mol. The highest BCUT2D eigenvalue weighted by atomic mass is 16.5. The predicted molar refractivity (Wildman–Crippen MR) is 73.4 cm³/mol. The molecule has 0 radical (unpaired) electrons. The molecule has 1 aromatic carbocycles. The van der Waals surface area contributed by atoms with Crippen LogP contribution >= 0.6 is 0 Å². The summed E-state index contributed by atoms with van der Waals surface area (Å²) in [7, 11) is 0. The van der Waals surface area contributed by atoms with Crippen LogP contribution in [0.25, 0.3) is 0 Å². The van der Waals surface area contributed by atoms with Gasteiger partial charge in [0.2, 0.25) is 0 Å². The van der Waals surface area contributed by atoms with Crippen LogP contribution in [0.3, 0.4) is 0 Å². The molecule has 0 saturated carbocycles.